The van der Waals surface area contributed by atoms with Gasteiger partial charge in [0.25, 0.3) is 5.69 Å². The molecule has 0 saturated heterocycles. The number of hydrogen-bond acceptors (Lipinski definition) is 3. The number of benzene rings is 2. The molecule has 0 saturated carbocycles. The van der Waals surface area contributed by atoms with E-state index in [0.29, 0.717) is 0 Å². The molecule has 110 valence electrons. The quantitative estimate of drug-likeness (QED) is 0.652. The van der Waals surface area contributed by atoms with Crippen LogP contribution in [0.15, 0.2) is 48.5 Å². The topological polar surface area (TPSA) is 69.2 Å². The lowest BCUT2D eigenvalue weighted by molar-refractivity contribution is -0.384. The second-order valence-electron chi connectivity index (χ2n) is 5.06. The highest BCUT2D eigenvalue weighted by molar-refractivity contribution is 6.30. The second kappa shape index (κ2) is 7.20. The molecule has 0 fully saturated rings. The molecule has 2 aromatic rings. The van der Waals surface area contributed by atoms with Gasteiger partial charge in [-0.2, -0.15) is 0 Å². The minimum absolute atomic E-state index is 0.0404. The molecule has 0 aliphatic carbocycles. The standard InChI is InChI=1S/C16H17ClN2O2/c17-14-3-1-2-13(10-14)11-15(18)7-4-12-5-8-16(9-6-12)19(20)21/h1-3,5-6,8-10,15H,4,7,11,18H2. The molecule has 0 radical (unpaired) electrons. The lowest BCUT2D eigenvalue weighted by atomic mass is 10.00. The van der Waals surface area contributed by atoms with Gasteiger partial charge >= 0.3 is 0 Å². The van der Waals surface area contributed by atoms with Gasteiger partial charge in [-0.25, -0.2) is 0 Å². The summed E-state index contributed by atoms with van der Waals surface area (Å²) in [6.45, 7) is 0. The van der Waals surface area contributed by atoms with Crippen LogP contribution in [-0.2, 0) is 12.8 Å². The molecule has 2 rings (SSSR count). The number of nitrogens with zero attached hydrogens (tertiary/aromatic N) is 1. The summed E-state index contributed by atoms with van der Waals surface area (Å²) in [6.07, 6.45) is 2.40. The Bertz CT molecular complexity index is 614. The van der Waals surface area contributed by atoms with Gasteiger partial charge in [0.05, 0.1) is 4.92 Å². The van der Waals surface area contributed by atoms with Crippen LogP contribution >= 0.6 is 11.6 Å². The monoisotopic (exact) mass is 304 g/mol. The van der Waals surface area contributed by atoms with Gasteiger partial charge in [-0.1, -0.05) is 35.9 Å². The van der Waals surface area contributed by atoms with Gasteiger partial charge in [0, 0.05) is 23.2 Å². The van der Waals surface area contributed by atoms with Crippen molar-refractivity contribution in [1.29, 1.82) is 0 Å². The van der Waals surface area contributed by atoms with Crippen LogP contribution in [0.3, 0.4) is 0 Å². The number of nitro groups is 1. The van der Waals surface area contributed by atoms with Gasteiger partial charge < -0.3 is 5.73 Å². The van der Waals surface area contributed by atoms with Gasteiger partial charge in [-0.05, 0) is 42.5 Å². The average Bonchev–Trinajstić information content (AvgIpc) is 2.45. The zero-order valence-electron chi connectivity index (χ0n) is 11.5. The predicted octanol–water partition coefficient (Wildman–Crippen LogP) is 3.75. The van der Waals surface area contributed by atoms with E-state index in [-0.39, 0.29) is 11.7 Å². The highest BCUT2D eigenvalue weighted by Gasteiger charge is 2.07. The summed E-state index contributed by atoms with van der Waals surface area (Å²) < 4.78 is 0. The Hall–Kier alpha value is -1.91. The molecular formula is C16H17ClN2O2. The molecule has 0 spiro atoms. The molecule has 5 heteroatoms. The van der Waals surface area contributed by atoms with E-state index in [2.05, 4.69) is 0 Å². The van der Waals surface area contributed by atoms with Crippen molar-refractivity contribution in [3.05, 3.63) is 74.8 Å². The van der Waals surface area contributed by atoms with Crippen LogP contribution < -0.4 is 5.73 Å². The van der Waals surface area contributed by atoms with E-state index in [9.17, 15) is 10.1 Å². The Labute approximate surface area is 128 Å². The van der Waals surface area contributed by atoms with Gasteiger partial charge in [0.1, 0.15) is 0 Å². The van der Waals surface area contributed by atoms with E-state index >= 15 is 0 Å². The third-order valence-electron chi connectivity index (χ3n) is 3.34. The third kappa shape index (κ3) is 4.85. The molecule has 0 amide bonds. The van der Waals surface area contributed by atoms with Gasteiger partial charge in [-0.15, -0.1) is 0 Å². The maximum atomic E-state index is 10.6. The summed E-state index contributed by atoms with van der Waals surface area (Å²) in [5, 5.41) is 11.3. The van der Waals surface area contributed by atoms with Crippen molar-refractivity contribution >= 4 is 17.3 Å². The van der Waals surface area contributed by atoms with Crippen LogP contribution in [0.5, 0.6) is 0 Å². The number of aryl methyl sites for hydroxylation is 1. The number of non-ortho nitro benzene ring substituents is 1. The maximum absolute atomic E-state index is 10.6. The van der Waals surface area contributed by atoms with E-state index in [0.717, 1.165) is 35.4 Å². The summed E-state index contributed by atoms with van der Waals surface area (Å²) in [7, 11) is 0. The van der Waals surface area contributed by atoms with Crippen LogP contribution in [0, 0.1) is 10.1 Å². The number of rotatable bonds is 6. The summed E-state index contributed by atoms with van der Waals surface area (Å²) >= 11 is 5.95. The predicted molar refractivity (Wildman–Crippen MR) is 84.5 cm³/mol. The SMILES string of the molecule is NC(CCc1ccc([N+](=O)[O-])cc1)Cc1cccc(Cl)c1. The van der Waals surface area contributed by atoms with Crippen LogP contribution in [0.1, 0.15) is 17.5 Å². The number of halogens is 1. The first-order valence-corrected chi connectivity index (χ1v) is 7.16. The highest BCUT2D eigenvalue weighted by Crippen LogP contribution is 2.16. The summed E-state index contributed by atoms with van der Waals surface area (Å²) in [6, 6.07) is 14.3. The average molecular weight is 305 g/mol. The molecule has 0 aliphatic heterocycles. The number of nitrogens with two attached hydrogens (primary N) is 1. The van der Waals surface area contributed by atoms with Crippen molar-refractivity contribution < 1.29 is 4.92 Å². The molecule has 1 unspecified atom stereocenters. The molecule has 0 bridgehead atoms. The van der Waals surface area contributed by atoms with Gasteiger partial charge in [0.2, 0.25) is 0 Å². The minimum atomic E-state index is -0.394. The number of hydrogen-bond donors (Lipinski definition) is 1. The normalized spacial score (nSPS) is 12.1. The van der Waals surface area contributed by atoms with E-state index < -0.39 is 4.92 Å². The fourth-order valence-corrected chi connectivity index (χ4v) is 2.42. The van der Waals surface area contributed by atoms with Crippen LogP contribution in [0.2, 0.25) is 5.02 Å². The summed E-state index contributed by atoms with van der Waals surface area (Å²) in [5.74, 6) is 0. The van der Waals surface area contributed by atoms with Crippen molar-refractivity contribution in [2.24, 2.45) is 5.73 Å². The molecular weight excluding hydrogens is 288 g/mol. The van der Waals surface area contributed by atoms with E-state index in [1.165, 1.54) is 12.1 Å². The molecule has 2 N–H and O–H groups in total. The van der Waals surface area contributed by atoms with E-state index in [4.69, 9.17) is 17.3 Å². The fourth-order valence-electron chi connectivity index (χ4n) is 2.21. The lowest BCUT2D eigenvalue weighted by Crippen LogP contribution is -2.23. The highest BCUT2D eigenvalue weighted by atomic mass is 35.5. The molecule has 0 aliphatic rings. The van der Waals surface area contributed by atoms with Crippen LogP contribution in [0.4, 0.5) is 5.69 Å². The zero-order chi connectivity index (χ0) is 15.2. The van der Waals surface area contributed by atoms with Crippen molar-refractivity contribution in [1.82, 2.24) is 0 Å². The molecule has 0 heterocycles. The van der Waals surface area contributed by atoms with Crippen molar-refractivity contribution in [3.63, 3.8) is 0 Å². The lowest BCUT2D eigenvalue weighted by Gasteiger charge is -2.12. The Balaban J connectivity index is 1.86. The summed E-state index contributed by atoms with van der Waals surface area (Å²) in [4.78, 5) is 10.2. The molecule has 1 atom stereocenters. The zero-order valence-corrected chi connectivity index (χ0v) is 12.3. The Morgan fingerprint density at radius 3 is 2.48 bits per heavy atom. The first-order chi connectivity index (χ1) is 10.0. The Morgan fingerprint density at radius 2 is 1.86 bits per heavy atom. The fraction of sp³-hybridized carbons (Fsp3) is 0.250. The largest absolute Gasteiger partial charge is 0.327 e. The molecule has 2 aromatic carbocycles. The Morgan fingerprint density at radius 1 is 1.14 bits per heavy atom. The van der Waals surface area contributed by atoms with Crippen LogP contribution in [0.25, 0.3) is 0 Å². The minimum Gasteiger partial charge on any atom is -0.327 e. The van der Waals surface area contributed by atoms with Crippen molar-refractivity contribution in [3.8, 4) is 0 Å². The van der Waals surface area contributed by atoms with E-state index in [1.54, 1.807) is 12.1 Å². The van der Waals surface area contributed by atoms with Crippen molar-refractivity contribution in [2.75, 3.05) is 0 Å². The first-order valence-electron chi connectivity index (χ1n) is 6.78. The molecule has 21 heavy (non-hydrogen) atoms. The number of nitro benzene ring substituents is 1. The van der Waals surface area contributed by atoms with Crippen molar-refractivity contribution in [2.45, 2.75) is 25.3 Å². The first kappa shape index (κ1) is 15.5. The molecule has 0 aromatic heterocycles. The van der Waals surface area contributed by atoms with Crippen LogP contribution in [-0.4, -0.2) is 11.0 Å². The molecule has 4 nitrogen and oxygen atoms in total. The second-order valence-corrected chi connectivity index (χ2v) is 5.49. The maximum Gasteiger partial charge on any atom is 0.269 e. The van der Waals surface area contributed by atoms with Gasteiger partial charge in [0.15, 0.2) is 0 Å². The summed E-state index contributed by atoms with van der Waals surface area (Å²) in [5.41, 5.74) is 8.42. The Kier molecular flexibility index (Phi) is 5.31. The smallest absolute Gasteiger partial charge is 0.269 e. The van der Waals surface area contributed by atoms with E-state index in [1.807, 2.05) is 24.3 Å². The van der Waals surface area contributed by atoms with Gasteiger partial charge in [-0.3, -0.25) is 10.1 Å². The third-order valence-corrected chi connectivity index (χ3v) is 3.57.